The Morgan fingerprint density at radius 2 is 0.671 bits per heavy atom. The predicted octanol–water partition coefficient (Wildman–Crippen LogP) is 18.2. The van der Waals surface area contributed by atoms with E-state index in [0.29, 0.717) is 73.9 Å². The summed E-state index contributed by atoms with van der Waals surface area (Å²) in [6.45, 7) is 11.8. The largest absolute Gasteiger partial charge is 0.416 e. The summed E-state index contributed by atoms with van der Waals surface area (Å²) in [5, 5.41) is 84.1. The number of rotatable bonds is 25. The molecule has 0 radical (unpaired) electrons. The number of carbonyl (C=O) groups excluding carboxylic acids is 5. The van der Waals surface area contributed by atoms with Gasteiger partial charge in [-0.3, -0.25) is 90.3 Å². The van der Waals surface area contributed by atoms with Gasteiger partial charge in [0.2, 0.25) is 29.7 Å². The molecule has 4 saturated carbocycles. The molecule has 8 aliphatic rings. The number of nitro groups is 3. The number of anilines is 4. The minimum atomic E-state index is -4.53. The molecular formula is C105H122F3N19O16. The maximum atomic E-state index is 13.2. The van der Waals surface area contributed by atoms with E-state index in [4.69, 9.17) is 24.7 Å². The van der Waals surface area contributed by atoms with Crippen molar-refractivity contribution in [1.29, 1.82) is 0 Å². The Labute approximate surface area is 823 Å². The fourth-order valence-electron chi connectivity index (χ4n) is 21.3. The fraction of sp³-hybridized carbons (Fsp3) is 0.457. The van der Waals surface area contributed by atoms with Gasteiger partial charge in [-0.05, 0) is 280 Å². The molecule has 143 heavy (non-hydrogen) atoms. The summed E-state index contributed by atoms with van der Waals surface area (Å²) < 4.78 is 53.2. The molecule has 12 aromatic rings. The molecule has 35 nitrogen and oxygen atoms in total. The topological polar surface area (TPSA) is 437 Å². The molecule has 0 atom stereocenters. The van der Waals surface area contributed by atoms with E-state index < -0.39 is 50.1 Å². The first-order chi connectivity index (χ1) is 69.2. The summed E-state index contributed by atoms with van der Waals surface area (Å²) >= 11 is 0. The molecular weight excluding hydrogens is 1840 g/mol. The van der Waals surface area contributed by atoms with Crippen LogP contribution in [0.2, 0.25) is 0 Å². The number of fused-ring (bicyclic) bond motifs is 4. The molecule has 0 unspecified atom stereocenters. The highest BCUT2D eigenvalue weighted by molar-refractivity contribution is 6.07. The summed E-state index contributed by atoms with van der Waals surface area (Å²) in [5.74, 6) is 0.353. The van der Waals surface area contributed by atoms with Crippen LogP contribution >= 0.6 is 0 Å². The van der Waals surface area contributed by atoms with E-state index >= 15 is 0 Å². The van der Waals surface area contributed by atoms with Crippen LogP contribution in [0.3, 0.4) is 0 Å². The molecule has 8 heterocycles. The zero-order valence-electron chi connectivity index (χ0n) is 79.9. The molecule has 20 rings (SSSR count). The van der Waals surface area contributed by atoms with Crippen molar-refractivity contribution in [1.82, 2.24) is 57.8 Å². The second kappa shape index (κ2) is 46.4. The van der Waals surface area contributed by atoms with Crippen LogP contribution in [0, 0.1) is 42.2 Å². The quantitative estimate of drug-likeness (QED) is 0.0195. The number of non-ortho nitro benzene ring substituents is 3. The third kappa shape index (κ3) is 25.1. The number of alkyl halides is 3. The van der Waals surface area contributed by atoms with Gasteiger partial charge >= 0.3 is 6.18 Å². The molecule has 0 spiro atoms. The highest BCUT2D eigenvalue weighted by Gasteiger charge is 2.36. The first kappa shape index (κ1) is 101. The normalized spacial score (nSPS) is 20.9. The van der Waals surface area contributed by atoms with Gasteiger partial charge in [-0.15, -0.1) is 0 Å². The third-order valence-electron chi connectivity index (χ3n) is 29.0. The average molecular weight is 1960 g/mol. The average Bonchev–Trinajstić information content (AvgIpc) is 1.63. The lowest BCUT2D eigenvalue weighted by Crippen LogP contribution is -2.35. The number of aliphatic hydroxyl groups is 4. The number of hydrogen-bond acceptors (Lipinski definition) is 23. The number of aromatic nitrogens is 8. The van der Waals surface area contributed by atoms with Gasteiger partial charge in [-0.1, -0.05) is 61.4 Å². The number of carbonyl (C=O) groups is 5. The predicted molar refractivity (Wildman–Crippen MR) is 534 cm³/mol. The molecule has 0 bridgehead atoms. The Kier molecular flexibility index (Phi) is 32.8. The minimum Gasteiger partial charge on any atom is -0.396 e. The zero-order chi connectivity index (χ0) is 100.0. The molecule has 8 N–H and O–H groups in total. The van der Waals surface area contributed by atoms with Crippen molar-refractivity contribution in [3.05, 3.63) is 250 Å². The minimum absolute atomic E-state index is 0.0508. The van der Waals surface area contributed by atoms with E-state index in [9.17, 15) is 87.9 Å². The lowest BCUT2D eigenvalue weighted by Gasteiger charge is -2.30. The van der Waals surface area contributed by atoms with Crippen LogP contribution in [0.4, 0.5) is 54.0 Å². The van der Waals surface area contributed by atoms with Crippen LogP contribution in [0.15, 0.2) is 170 Å². The van der Waals surface area contributed by atoms with E-state index in [1.165, 1.54) is 117 Å². The highest BCUT2D eigenvalue weighted by atomic mass is 19.4. The maximum absolute atomic E-state index is 13.2. The number of nitrogens with zero attached hydrogens (tertiary/aromatic N) is 15. The van der Waals surface area contributed by atoms with Gasteiger partial charge in [-0.25, -0.2) is 19.9 Å². The number of hydrogen-bond donors (Lipinski definition) is 8. The maximum Gasteiger partial charge on any atom is 0.416 e. The van der Waals surface area contributed by atoms with Crippen molar-refractivity contribution in [2.75, 3.05) is 93.5 Å². The summed E-state index contributed by atoms with van der Waals surface area (Å²) in [7, 11) is 0. The van der Waals surface area contributed by atoms with Crippen molar-refractivity contribution in [2.45, 2.75) is 223 Å². The van der Waals surface area contributed by atoms with Gasteiger partial charge in [0.05, 0.1) is 89.9 Å². The zero-order valence-corrected chi connectivity index (χ0v) is 79.9. The van der Waals surface area contributed by atoms with E-state index in [2.05, 4.69) is 87.6 Å². The summed E-state index contributed by atoms with van der Waals surface area (Å²) in [6, 6.07) is 46.5. The molecule has 8 fully saturated rings. The number of benzene rings is 8. The van der Waals surface area contributed by atoms with Crippen molar-refractivity contribution >= 4 is 115 Å². The SMILES string of the molecule is O=C(Nc1nc2cc(CN3CCCC3=O)ccc2n1C1CCC(O)CC1)c1cccc([N+](=O)[O-])c1.O=C(Nc1nc2cc(CN3CCCCC3)ccc2n1C1CCC(CO)CC1)c1cccc(C(F)(F)F)c1.O=C(Nc1nc2cc(CN3CCCCC3)ccc2n1C1CCC(CO)CC1)c1cccc([N+](=O)[O-])c1.O=C(Nc1nc2cc(CN3CCOCC3)ccc2n1C1CCC(O)CC1)c1cccc([N+](=O)[O-])c1. The van der Waals surface area contributed by atoms with Crippen LogP contribution in [-0.2, 0) is 41.9 Å². The standard InChI is InChI=1S/C28H33F3N4O2.C27H33N5O4.C25H27N5O5.C25H29N5O5/c29-28(30,31)22-6-4-5-21(16-22)26(37)33-27-32-24-15-20(17-34-13-2-1-3-14-34)9-12-25(24)35(27)23-10-7-19(18-36)8-11-23;33-18-19-7-10-22(11-8-19)31-25-12-9-20(17-30-13-2-1-3-14-30)15-24(25)28-27(31)29-26(34)21-5-4-6-23(16-21)32(35)36;31-20-9-7-18(8-10-20)29-22-11-6-16(15-28-12-2-5-23(28)32)13-21(22)26-25(29)27-24(33)17-3-1-4-19(14-17)30(34)35;31-21-7-5-19(6-8-21)29-23-9-4-17(16-28-10-12-35-13-11-28)14-22(23)26-25(29)27-24(32)18-2-1-3-20(15-18)30(33)34/h4-6,9,12,15-16,19,23,36H,1-3,7-8,10-11,13-14,17-18H2,(H,32,33,37);4-6,9,12,15-16,19,22,33H,1-3,7-8,10-11,13-14,17-18H2,(H,28,29,34);1,3-4,6,11,13-14,18,20,31H,2,5,7-10,12,15H2,(H,26,27,33);1-4,9,14-15,19,21,31H,5-8,10-13,16H2,(H,26,27,32). The Bertz CT molecular complexity index is 6570. The molecule has 5 amide bonds. The fourth-order valence-corrected chi connectivity index (χ4v) is 21.3. The number of aliphatic hydroxyl groups excluding tert-OH is 4. The van der Waals surface area contributed by atoms with E-state index in [-0.39, 0.29) is 101 Å². The summed E-state index contributed by atoms with van der Waals surface area (Å²) in [4.78, 5) is 124. The highest BCUT2D eigenvalue weighted by Crippen LogP contribution is 2.43. The molecule has 4 aliphatic carbocycles. The molecule has 38 heteroatoms. The Balaban J connectivity index is 0.000000131. The van der Waals surface area contributed by atoms with Crippen molar-refractivity contribution < 1.29 is 77.1 Å². The molecule has 8 aromatic carbocycles. The van der Waals surface area contributed by atoms with Gasteiger partial charge in [0.15, 0.2) is 0 Å². The smallest absolute Gasteiger partial charge is 0.396 e. The second-order valence-electron chi connectivity index (χ2n) is 39.0. The number of amides is 5. The van der Waals surface area contributed by atoms with Gasteiger partial charge in [0, 0.05) is 148 Å². The third-order valence-corrected chi connectivity index (χ3v) is 29.0. The molecule has 4 aliphatic heterocycles. The Morgan fingerprint density at radius 1 is 0.371 bits per heavy atom. The lowest BCUT2D eigenvalue weighted by atomic mass is 9.86. The van der Waals surface area contributed by atoms with Crippen molar-refractivity contribution in [2.24, 2.45) is 11.8 Å². The number of halogens is 3. The number of piperidine rings is 2. The first-order valence-electron chi connectivity index (χ1n) is 50.0. The monoisotopic (exact) mass is 1960 g/mol. The molecule has 754 valence electrons. The van der Waals surface area contributed by atoms with Crippen LogP contribution in [0.1, 0.15) is 248 Å². The van der Waals surface area contributed by atoms with Gasteiger partial charge < -0.3 is 48.3 Å². The molecule has 4 aromatic heterocycles. The van der Waals surface area contributed by atoms with Crippen molar-refractivity contribution in [3.63, 3.8) is 0 Å². The first-order valence-corrected chi connectivity index (χ1v) is 50.0. The van der Waals surface area contributed by atoms with E-state index in [1.54, 1.807) is 12.1 Å². The van der Waals surface area contributed by atoms with E-state index in [1.807, 2.05) is 44.4 Å². The van der Waals surface area contributed by atoms with Crippen molar-refractivity contribution in [3.8, 4) is 0 Å². The van der Waals surface area contributed by atoms with Crippen LogP contribution in [0.5, 0.6) is 0 Å². The number of nitrogens with one attached hydrogen (secondary N) is 4. The Hall–Kier alpha value is -13.3. The summed E-state index contributed by atoms with van der Waals surface area (Å²) in [6.07, 6.45) is 16.6. The van der Waals surface area contributed by atoms with Crippen LogP contribution in [-0.4, -0.2) is 207 Å². The number of morpholine rings is 1. The lowest BCUT2D eigenvalue weighted by molar-refractivity contribution is -0.385. The van der Waals surface area contributed by atoms with Gasteiger partial charge in [-0.2, -0.15) is 13.2 Å². The number of imidazole rings is 4. The number of ether oxygens (including phenoxy) is 1. The molecule has 4 saturated heterocycles. The number of nitro benzene ring substituents is 3. The van der Waals surface area contributed by atoms with E-state index in [0.717, 1.165) is 230 Å². The number of likely N-dealkylation sites (tertiary alicyclic amines) is 3. The Morgan fingerprint density at radius 3 is 0.972 bits per heavy atom. The van der Waals surface area contributed by atoms with Crippen LogP contribution < -0.4 is 21.3 Å². The second-order valence-corrected chi connectivity index (χ2v) is 39.0. The van der Waals surface area contributed by atoms with Gasteiger partial charge in [0.25, 0.3) is 40.7 Å². The summed E-state index contributed by atoms with van der Waals surface area (Å²) in [5.41, 5.74) is 10.4. The van der Waals surface area contributed by atoms with Crippen LogP contribution in [0.25, 0.3) is 44.1 Å². The van der Waals surface area contributed by atoms with Gasteiger partial charge in [0.1, 0.15) is 0 Å².